The monoisotopic (exact) mass is 366 g/mol. The molecule has 0 aliphatic heterocycles. The van der Waals surface area contributed by atoms with Gasteiger partial charge in [-0.3, -0.25) is 0 Å². The van der Waals surface area contributed by atoms with Gasteiger partial charge in [-0.2, -0.15) is 0 Å². The summed E-state index contributed by atoms with van der Waals surface area (Å²) in [6, 6.07) is 15.6. The number of hydrogen-bond donors (Lipinski definition) is 0. The molecule has 0 saturated heterocycles. The highest BCUT2D eigenvalue weighted by Crippen LogP contribution is 2.33. The van der Waals surface area contributed by atoms with E-state index in [4.69, 9.17) is 0 Å². The van der Waals surface area contributed by atoms with Crippen LogP contribution in [0.15, 0.2) is 49.0 Å². The molecule has 0 heteroatoms. The number of rotatable bonds is 6. The first-order chi connectivity index (χ1) is 12.8. The van der Waals surface area contributed by atoms with Crippen molar-refractivity contribution in [3.63, 3.8) is 0 Å². The molecule has 0 aliphatic rings. The molecule has 150 valence electrons. The second-order valence-electron chi connectivity index (χ2n) is 7.36. The standard InChI is InChI=1S/C23H30.2C2H6/c1-7-8-15-23(5,6)21-14-11-18(3)22(16-21)19(4)20-12-9-17(2)10-13-20;2*1-2/h9-14,16H,4,7-8,15H2,1-3,5-6H3;2*1-2H3. The lowest BCUT2D eigenvalue weighted by Gasteiger charge is -2.26. The summed E-state index contributed by atoms with van der Waals surface area (Å²) in [6.07, 6.45) is 3.75. The lowest BCUT2D eigenvalue weighted by atomic mass is 9.78. The topological polar surface area (TPSA) is 0 Å². The van der Waals surface area contributed by atoms with Gasteiger partial charge in [0, 0.05) is 0 Å². The fraction of sp³-hybridized carbons (Fsp3) is 0.481. The van der Waals surface area contributed by atoms with Gasteiger partial charge >= 0.3 is 0 Å². The van der Waals surface area contributed by atoms with Gasteiger partial charge < -0.3 is 0 Å². The second kappa shape index (κ2) is 12.5. The molecule has 0 saturated carbocycles. The molecule has 0 N–H and O–H groups in total. The summed E-state index contributed by atoms with van der Waals surface area (Å²) in [5.74, 6) is 0. The van der Waals surface area contributed by atoms with Crippen molar-refractivity contribution in [3.8, 4) is 0 Å². The van der Waals surface area contributed by atoms with Gasteiger partial charge in [0.15, 0.2) is 0 Å². The molecule has 0 aliphatic carbocycles. The molecule has 0 radical (unpaired) electrons. The van der Waals surface area contributed by atoms with Gasteiger partial charge in [0.05, 0.1) is 0 Å². The zero-order chi connectivity index (χ0) is 21.0. The Hall–Kier alpha value is -1.82. The lowest BCUT2D eigenvalue weighted by Crippen LogP contribution is -2.17. The molecule has 0 unspecified atom stereocenters. The molecule has 2 aromatic carbocycles. The number of unbranched alkanes of at least 4 members (excludes halogenated alkanes) is 1. The quantitative estimate of drug-likeness (QED) is 0.478. The molecular formula is C27H42. The van der Waals surface area contributed by atoms with Crippen molar-refractivity contribution in [1.29, 1.82) is 0 Å². The summed E-state index contributed by atoms with van der Waals surface area (Å²) >= 11 is 0. The van der Waals surface area contributed by atoms with E-state index in [0.717, 1.165) is 5.57 Å². The first-order valence-electron chi connectivity index (χ1n) is 10.7. The summed E-state index contributed by atoms with van der Waals surface area (Å²) in [6.45, 7) is 23.6. The molecule has 0 atom stereocenters. The molecule has 0 heterocycles. The maximum atomic E-state index is 4.37. The summed E-state index contributed by atoms with van der Waals surface area (Å²) in [5.41, 5.74) is 7.82. The average Bonchev–Trinajstić information content (AvgIpc) is 2.70. The SMILES string of the molecule is C=C(c1ccc(C)cc1)c1cc(C(C)(C)CCCC)ccc1C.CC.CC. The second-order valence-corrected chi connectivity index (χ2v) is 7.36. The van der Waals surface area contributed by atoms with Gasteiger partial charge in [0.25, 0.3) is 0 Å². The van der Waals surface area contributed by atoms with Crippen LogP contribution in [-0.2, 0) is 5.41 Å². The maximum Gasteiger partial charge on any atom is -0.0103 e. The van der Waals surface area contributed by atoms with Crippen molar-refractivity contribution in [2.45, 2.75) is 87.0 Å². The van der Waals surface area contributed by atoms with Crippen LogP contribution in [0, 0.1) is 13.8 Å². The average molecular weight is 367 g/mol. The van der Waals surface area contributed by atoms with Crippen LogP contribution in [0.5, 0.6) is 0 Å². The largest absolute Gasteiger partial charge is 0.0905 e. The summed E-state index contributed by atoms with van der Waals surface area (Å²) in [5, 5.41) is 0. The van der Waals surface area contributed by atoms with E-state index in [1.165, 1.54) is 47.1 Å². The number of benzene rings is 2. The summed E-state index contributed by atoms with van der Waals surface area (Å²) < 4.78 is 0. The Kier molecular flexibility index (Phi) is 11.7. The molecular weight excluding hydrogens is 324 g/mol. The van der Waals surface area contributed by atoms with E-state index in [1.54, 1.807) is 0 Å². The van der Waals surface area contributed by atoms with Crippen LogP contribution in [0.2, 0.25) is 0 Å². The Bertz CT molecular complexity index is 672. The highest BCUT2D eigenvalue weighted by molar-refractivity contribution is 5.80. The smallest absolute Gasteiger partial charge is 0.0103 e. The van der Waals surface area contributed by atoms with Crippen LogP contribution in [-0.4, -0.2) is 0 Å². The van der Waals surface area contributed by atoms with Crippen molar-refractivity contribution in [2.24, 2.45) is 0 Å². The Labute approximate surface area is 169 Å². The van der Waals surface area contributed by atoms with E-state index in [0.29, 0.717) is 0 Å². The molecule has 2 aromatic rings. The Morgan fingerprint density at radius 3 is 1.96 bits per heavy atom. The van der Waals surface area contributed by atoms with Crippen molar-refractivity contribution >= 4 is 5.57 Å². The first-order valence-corrected chi connectivity index (χ1v) is 10.7. The van der Waals surface area contributed by atoms with Crippen LogP contribution < -0.4 is 0 Å². The number of hydrogen-bond acceptors (Lipinski definition) is 0. The minimum Gasteiger partial charge on any atom is -0.0905 e. The fourth-order valence-electron chi connectivity index (χ4n) is 3.04. The highest BCUT2D eigenvalue weighted by Gasteiger charge is 2.21. The third-order valence-electron chi connectivity index (χ3n) is 4.90. The molecule has 2 rings (SSSR count). The Balaban J connectivity index is 0.00000158. The van der Waals surface area contributed by atoms with Gasteiger partial charge in [0.1, 0.15) is 0 Å². The van der Waals surface area contributed by atoms with Crippen molar-refractivity contribution in [3.05, 3.63) is 76.9 Å². The van der Waals surface area contributed by atoms with Gasteiger partial charge in [-0.25, -0.2) is 0 Å². The predicted molar refractivity (Wildman–Crippen MR) is 126 cm³/mol. The van der Waals surface area contributed by atoms with Gasteiger partial charge in [-0.1, -0.05) is 116 Å². The minimum atomic E-state index is 0.214. The van der Waals surface area contributed by atoms with E-state index in [2.05, 4.69) is 83.7 Å². The van der Waals surface area contributed by atoms with Crippen LogP contribution in [0.4, 0.5) is 0 Å². The van der Waals surface area contributed by atoms with Gasteiger partial charge in [0.2, 0.25) is 0 Å². The predicted octanol–water partition coefficient (Wildman–Crippen LogP) is 8.89. The summed E-state index contributed by atoms with van der Waals surface area (Å²) in [7, 11) is 0. The minimum absolute atomic E-state index is 0.214. The third kappa shape index (κ3) is 7.37. The van der Waals surface area contributed by atoms with Crippen LogP contribution in [0.25, 0.3) is 5.57 Å². The van der Waals surface area contributed by atoms with Crippen LogP contribution >= 0.6 is 0 Å². The van der Waals surface area contributed by atoms with Crippen molar-refractivity contribution in [2.75, 3.05) is 0 Å². The Morgan fingerprint density at radius 2 is 1.44 bits per heavy atom. The normalized spacial score (nSPS) is 10.3. The molecule has 27 heavy (non-hydrogen) atoms. The van der Waals surface area contributed by atoms with Gasteiger partial charge in [-0.15, -0.1) is 0 Å². The zero-order valence-corrected chi connectivity index (χ0v) is 19.4. The van der Waals surface area contributed by atoms with Crippen LogP contribution in [0.1, 0.15) is 95.5 Å². The molecule has 0 fully saturated rings. The third-order valence-corrected chi connectivity index (χ3v) is 4.90. The molecule has 0 nitrogen and oxygen atoms in total. The van der Waals surface area contributed by atoms with Crippen molar-refractivity contribution in [1.82, 2.24) is 0 Å². The van der Waals surface area contributed by atoms with E-state index in [-0.39, 0.29) is 5.41 Å². The highest BCUT2D eigenvalue weighted by atomic mass is 14.3. The van der Waals surface area contributed by atoms with E-state index >= 15 is 0 Å². The Morgan fingerprint density at radius 1 is 0.889 bits per heavy atom. The molecule has 0 aromatic heterocycles. The zero-order valence-electron chi connectivity index (χ0n) is 19.4. The molecule has 0 spiro atoms. The van der Waals surface area contributed by atoms with Gasteiger partial charge in [-0.05, 0) is 53.5 Å². The summed E-state index contributed by atoms with van der Waals surface area (Å²) in [4.78, 5) is 0. The van der Waals surface area contributed by atoms with E-state index < -0.39 is 0 Å². The molecule has 0 bridgehead atoms. The molecule has 0 amide bonds. The van der Waals surface area contributed by atoms with E-state index in [9.17, 15) is 0 Å². The van der Waals surface area contributed by atoms with E-state index in [1.807, 2.05) is 27.7 Å². The van der Waals surface area contributed by atoms with Crippen molar-refractivity contribution < 1.29 is 0 Å². The first kappa shape index (κ1) is 25.2. The maximum absolute atomic E-state index is 4.37. The van der Waals surface area contributed by atoms with Crippen LogP contribution in [0.3, 0.4) is 0 Å². The number of aryl methyl sites for hydroxylation is 2. The fourth-order valence-corrected chi connectivity index (χ4v) is 3.04. The lowest BCUT2D eigenvalue weighted by molar-refractivity contribution is 0.458.